The van der Waals surface area contributed by atoms with Crippen molar-refractivity contribution in [3.63, 3.8) is 0 Å². The van der Waals surface area contributed by atoms with E-state index in [0.717, 1.165) is 43.4 Å². The lowest BCUT2D eigenvalue weighted by Gasteiger charge is -2.42. The molecule has 0 spiro atoms. The molecule has 0 aromatic carbocycles. The molecule has 4 aliphatic rings. The van der Waals surface area contributed by atoms with Crippen LogP contribution < -0.4 is 0 Å². The number of aliphatic hydroxyl groups is 2. The number of allylic oxidation sites excluding steroid dienone is 6. The summed E-state index contributed by atoms with van der Waals surface area (Å²) >= 11 is 0. The van der Waals surface area contributed by atoms with Gasteiger partial charge in [-0.1, -0.05) is 71.1 Å². The number of aryl methyl sites for hydroxylation is 1. The minimum Gasteiger partial charge on any atom is -0.460 e. The van der Waals surface area contributed by atoms with Crippen LogP contribution in [0.2, 0.25) is 0 Å². The molecule has 4 heterocycles. The molecule has 0 unspecified atom stereocenters. The highest BCUT2D eigenvalue weighted by Gasteiger charge is 2.53. The van der Waals surface area contributed by atoms with Crippen molar-refractivity contribution in [2.24, 2.45) is 41.4 Å². The van der Waals surface area contributed by atoms with Crippen LogP contribution in [0, 0.1) is 41.4 Å². The summed E-state index contributed by atoms with van der Waals surface area (Å²) in [5.41, 5.74) is 2.19. The van der Waals surface area contributed by atoms with Crippen molar-refractivity contribution in [3.8, 4) is 0 Å². The number of esters is 1. The predicted molar refractivity (Wildman–Crippen MR) is 267 cm³/mol. The van der Waals surface area contributed by atoms with Crippen LogP contribution in [0.25, 0.3) is 0 Å². The first-order chi connectivity index (χ1) is 33.8. The highest BCUT2D eigenvalue weighted by Crippen LogP contribution is 2.39. The molecule has 16 heteroatoms. The van der Waals surface area contributed by atoms with E-state index in [9.17, 15) is 34.2 Å². The van der Waals surface area contributed by atoms with E-state index < -0.39 is 77.8 Å². The predicted octanol–water partition coefficient (Wildman–Crippen LogP) is 7.19. The van der Waals surface area contributed by atoms with Crippen LogP contribution in [0.5, 0.6) is 0 Å². The zero-order valence-corrected chi connectivity index (χ0v) is 44.0. The summed E-state index contributed by atoms with van der Waals surface area (Å²) in [5.74, 6) is -7.39. The molecule has 71 heavy (non-hydrogen) atoms. The largest absolute Gasteiger partial charge is 0.460 e. The Balaban J connectivity index is 1.44. The second-order valence-electron chi connectivity index (χ2n) is 21.3. The van der Waals surface area contributed by atoms with Gasteiger partial charge in [0.15, 0.2) is 5.78 Å². The maximum Gasteiger partial charge on any atom is 0.329 e. The Morgan fingerprint density at radius 3 is 2.35 bits per heavy atom. The molecule has 15 atom stereocenters. The molecule has 396 valence electrons. The van der Waals surface area contributed by atoms with Gasteiger partial charge in [-0.25, -0.2) is 4.79 Å². The molecule has 1 amide bonds. The number of ketones is 3. The van der Waals surface area contributed by atoms with Crippen molar-refractivity contribution in [1.82, 2.24) is 20.3 Å². The van der Waals surface area contributed by atoms with E-state index in [0.29, 0.717) is 56.4 Å². The first-order valence-corrected chi connectivity index (χ1v) is 26.1. The quantitative estimate of drug-likeness (QED) is 0.127. The Hall–Kier alpha value is -4.19. The zero-order valence-electron chi connectivity index (χ0n) is 44.0. The number of carbonyl (C=O) groups is 5. The minimum atomic E-state index is -2.43. The first-order valence-electron chi connectivity index (χ1n) is 26.1. The average Bonchev–Trinajstić information content (AvgIpc) is 3.89. The lowest BCUT2D eigenvalue weighted by molar-refractivity contribution is -0.265. The van der Waals surface area contributed by atoms with Gasteiger partial charge in [-0.3, -0.25) is 19.2 Å². The molecular formula is C55H84N4O12. The topological polar surface area (TPSA) is 217 Å². The van der Waals surface area contributed by atoms with Crippen LogP contribution in [0.4, 0.5) is 0 Å². The van der Waals surface area contributed by atoms with E-state index in [-0.39, 0.29) is 54.8 Å². The molecule has 1 aromatic rings. The zero-order chi connectivity index (χ0) is 52.0. The second-order valence-corrected chi connectivity index (χ2v) is 21.3. The third-order valence-corrected chi connectivity index (χ3v) is 15.9. The Kier molecular flexibility index (Phi) is 22.1. The van der Waals surface area contributed by atoms with E-state index in [2.05, 4.69) is 15.4 Å². The Morgan fingerprint density at radius 2 is 1.66 bits per heavy atom. The number of nitrogens with one attached hydrogen (secondary N) is 1. The summed E-state index contributed by atoms with van der Waals surface area (Å²) in [5, 5.41) is 34.4. The number of aliphatic hydroxyl groups excluding tert-OH is 1. The van der Waals surface area contributed by atoms with Gasteiger partial charge in [-0.15, -0.1) is 0 Å². The van der Waals surface area contributed by atoms with E-state index >= 15 is 0 Å². The van der Waals surface area contributed by atoms with Crippen molar-refractivity contribution < 1.29 is 57.9 Å². The Bertz CT molecular complexity index is 2050. The number of aromatic nitrogens is 3. The molecule has 2 saturated heterocycles. The Morgan fingerprint density at radius 1 is 0.901 bits per heavy atom. The number of fused-ring (bicyclic) bond motifs is 3. The van der Waals surface area contributed by atoms with Crippen molar-refractivity contribution in [2.75, 3.05) is 27.9 Å². The maximum absolute atomic E-state index is 14.6. The summed E-state index contributed by atoms with van der Waals surface area (Å²) in [6.07, 6.45) is 16.6. The van der Waals surface area contributed by atoms with Gasteiger partial charge in [-0.2, -0.15) is 15.4 Å². The number of Topliss-reactive ketones (excluding diaryl/α,β-unsaturated/α-hetero) is 3. The molecular weight excluding hydrogens is 909 g/mol. The molecule has 2 bridgehead atoms. The summed E-state index contributed by atoms with van der Waals surface area (Å²) in [6, 6.07) is -1.13. The standard InChI is InChI=1S/C55H84N4O12/c1-33-16-12-11-13-17-34(2)46(67-8)30-43-24-19-39(7)55(66,71-43)52(63)53(64)59-25-15-14-18-44(59)54(65)70-47(31-45(60)35(3)27-38(6)50(62)51(69-10)49(61)37(5)26-33)36(4)28-40-20-21-41(48(29-40)68-9)22-23-42-32-56-58-57-42/h11-13,16-17,27,32-33,35-37,39-41,43-44,46-48,50-51,62,66H,14-15,18-26,28-31H2,1-10H3,(H,56,57,58)/b13-11+,16-12+,34-17+,38-27+/t33-,35-,36-,37-,39-,40+,41+,43+,44+,46+,47+,48-,50-,51+,55-/m1/s1. The summed E-state index contributed by atoms with van der Waals surface area (Å²) < 4.78 is 30.1. The highest BCUT2D eigenvalue weighted by atomic mass is 16.6. The summed E-state index contributed by atoms with van der Waals surface area (Å²) in [7, 11) is 4.71. The third kappa shape index (κ3) is 15.4. The highest BCUT2D eigenvalue weighted by molar-refractivity contribution is 6.39. The fourth-order valence-electron chi connectivity index (χ4n) is 11.2. The summed E-state index contributed by atoms with van der Waals surface area (Å²) in [4.78, 5) is 72.5. The van der Waals surface area contributed by atoms with Crippen molar-refractivity contribution in [2.45, 2.75) is 187 Å². The molecule has 1 aliphatic carbocycles. The number of rotatable bonds is 9. The van der Waals surface area contributed by atoms with Gasteiger partial charge in [0.05, 0.1) is 30.2 Å². The van der Waals surface area contributed by atoms with Gasteiger partial charge >= 0.3 is 5.97 Å². The van der Waals surface area contributed by atoms with Gasteiger partial charge in [0.1, 0.15) is 30.1 Å². The van der Waals surface area contributed by atoms with E-state index in [4.69, 9.17) is 23.7 Å². The van der Waals surface area contributed by atoms with Crippen LogP contribution >= 0.6 is 0 Å². The molecule has 16 nitrogen and oxygen atoms in total. The van der Waals surface area contributed by atoms with Gasteiger partial charge in [0, 0.05) is 58.5 Å². The van der Waals surface area contributed by atoms with Gasteiger partial charge in [0.25, 0.3) is 11.7 Å². The molecule has 0 radical (unpaired) electrons. The molecule has 1 aromatic heterocycles. The lowest BCUT2D eigenvalue weighted by Crippen LogP contribution is -2.61. The summed E-state index contributed by atoms with van der Waals surface area (Å²) in [6.45, 7) is 12.9. The number of amides is 1. The van der Waals surface area contributed by atoms with Crippen LogP contribution in [-0.2, 0) is 54.1 Å². The number of nitrogens with zero attached hydrogens (tertiary/aromatic N) is 3. The number of hydrogen-bond acceptors (Lipinski definition) is 14. The average molecular weight is 993 g/mol. The monoisotopic (exact) mass is 993 g/mol. The van der Waals surface area contributed by atoms with Crippen LogP contribution in [0.15, 0.2) is 53.8 Å². The number of ether oxygens (including phenoxy) is 5. The Labute approximate surface area is 421 Å². The molecule has 3 N–H and O–H groups in total. The number of aromatic amines is 1. The number of piperidine rings is 1. The minimum absolute atomic E-state index is 0.0106. The number of carbonyl (C=O) groups excluding carboxylic acids is 5. The molecule has 3 aliphatic heterocycles. The second kappa shape index (κ2) is 27.2. The van der Waals surface area contributed by atoms with Crippen LogP contribution in [0.1, 0.15) is 138 Å². The SMILES string of the molecule is CO[C@H]1C[C@@H]2CC[C@@H](C)[C@@](O)(O2)C(=O)C(=O)N2CCCC[C@H]2C(=O)O[C@H]([C@H](C)C[C@@H]2CC[C@@H](CCc3cn[nH]n3)[C@H](OC)C2)CC(=O)[C@H](C)/C=C(\C)[C@@H](O)[C@@H](OC)C(=O)[C@H](C)C[C@H](C)/C=C/C=C/C=C/1C. The maximum atomic E-state index is 14.6. The first kappa shape index (κ1) is 57.7. The fraction of sp³-hybridized carbons (Fsp3) is 0.727. The normalized spacial score (nSPS) is 38.0. The van der Waals surface area contributed by atoms with Gasteiger partial charge in [-0.05, 0) is 126 Å². The van der Waals surface area contributed by atoms with Gasteiger partial charge in [0.2, 0.25) is 5.79 Å². The van der Waals surface area contributed by atoms with Crippen LogP contribution in [0.3, 0.4) is 0 Å². The number of cyclic esters (lactones) is 1. The van der Waals surface area contributed by atoms with E-state index in [1.807, 2.05) is 58.1 Å². The molecule has 1 saturated carbocycles. The smallest absolute Gasteiger partial charge is 0.329 e. The number of methoxy groups -OCH3 is 3. The van der Waals surface area contributed by atoms with E-state index in [1.165, 1.54) is 12.0 Å². The van der Waals surface area contributed by atoms with Gasteiger partial charge < -0.3 is 38.8 Å². The lowest BCUT2D eigenvalue weighted by atomic mass is 9.74. The van der Waals surface area contributed by atoms with E-state index in [1.54, 1.807) is 47.3 Å². The molecule has 5 rings (SSSR count). The van der Waals surface area contributed by atoms with Crippen molar-refractivity contribution in [3.05, 3.63) is 59.5 Å². The van der Waals surface area contributed by atoms with Crippen LogP contribution in [-0.4, -0.2) is 136 Å². The molecule has 3 fully saturated rings. The fourth-order valence-corrected chi connectivity index (χ4v) is 11.2. The number of hydrogen-bond donors (Lipinski definition) is 3. The van der Waals surface area contributed by atoms with Crippen molar-refractivity contribution >= 4 is 29.2 Å². The third-order valence-electron chi connectivity index (χ3n) is 15.9. The van der Waals surface area contributed by atoms with Crippen molar-refractivity contribution in [1.29, 1.82) is 0 Å². The number of H-pyrrole nitrogens is 1.